The van der Waals surface area contributed by atoms with Gasteiger partial charge in [0.05, 0.1) is 6.10 Å². The van der Waals surface area contributed by atoms with E-state index < -0.39 is 6.10 Å². The van der Waals surface area contributed by atoms with Crippen LogP contribution in [0.2, 0.25) is 0 Å². The van der Waals surface area contributed by atoms with Gasteiger partial charge in [0.25, 0.3) is 0 Å². The summed E-state index contributed by atoms with van der Waals surface area (Å²) in [5.41, 5.74) is 3.94. The highest BCUT2D eigenvalue weighted by Crippen LogP contribution is 2.31. The molecule has 1 nitrogen and oxygen atoms in total. The Labute approximate surface area is 126 Å². The number of hydrogen-bond acceptors (Lipinski definition) is 1. The molecule has 0 heterocycles. The van der Waals surface area contributed by atoms with Crippen molar-refractivity contribution in [3.8, 4) is 0 Å². The maximum atomic E-state index is 13.2. The minimum Gasteiger partial charge on any atom is -0.388 e. The second-order valence-corrected chi connectivity index (χ2v) is 6.63. The lowest BCUT2D eigenvalue weighted by Gasteiger charge is -2.25. The Morgan fingerprint density at radius 3 is 2.38 bits per heavy atom. The van der Waals surface area contributed by atoms with Crippen molar-refractivity contribution in [2.45, 2.75) is 45.6 Å². The molecule has 0 saturated carbocycles. The molecule has 2 aromatic carbocycles. The smallest absolute Gasteiger partial charge is 0.123 e. The monoisotopic (exact) mass is 286 g/mol. The van der Waals surface area contributed by atoms with E-state index in [2.05, 4.69) is 26.8 Å². The molecule has 0 aliphatic heterocycles. The first-order valence-corrected chi connectivity index (χ1v) is 7.31. The lowest BCUT2D eigenvalue weighted by molar-refractivity contribution is 0.175. The van der Waals surface area contributed by atoms with Crippen LogP contribution in [0.5, 0.6) is 0 Å². The summed E-state index contributed by atoms with van der Waals surface area (Å²) in [6.45, 7) is 8.30. The first-order chi connectivity index (χ1) is 9.79. The predicted molar refractivity (Wildman–Crippen MR) is 84.9 cm³/mol. The fourth-order valence-electron chi connectivity index (χ4n) is 2.68. The second kappa shape index (κ2) is 5.98. The van der Waals surface area contributed by atoms with Gasteiger partial charge in [-0.2, -0.15) is 0 Å². The van der Waals surface area contributed by atoms with Crippen molar-refractivity contribution in [1.82, 2.24) is 0 Å². The number of aliphatic hydroxyl groups is 1. The molecule has 0 fully saturated rings. The molecule has 2 rings (SSSR count). The molecule has 0 amide bonds. The molecule has 0 bridgehead atoms. The topological polar surface area (TPSA) is 20.2 Å². The fraction of sp³-hybridized carbons (Fsp3) is 0.368. The molecule has 0 aliphatic rings. The van der Waals surface area contributed by atoms with Gasteiger partial charge in [-0.1, -0.05) is 51.1 Å². The van der Waals surface area contributed by atoms with E-state index in [4.69, 9.17) is 0 Å². The Morgan fingerprint density at radius 1 is 1.10 bits per heavy atom. The molecule has 0 saturated heterocycles. The Morgan fingerprint density at radius 2 is 1.76 bits per heavy atom. The van der Waals surface area contributed by atoms with Gasteiger partial charge in [0.15, 0.2) is 0 Å². The fourth-order valence-corrected chi connectivity index (χ4v) is 2.68. The standard InChI is InChI=1S/C19H23FO/c1-13-11-15(20)10-9-14(13)12-18(21)16-7-5-6-8-17(16)19(2,3)4/h5-11,18,21H,12H2,1-4H3. The minimum absolute atomic E-state index is 0.0184. The molecule has 0 spiro atoms. The van der Waals surface area contributed by atoms with E-state index in [1.54, 1.807) is 6.07 Å². The van der Waals surface area contributed by atoms with Crippen LogP contribution in [0, 0.1) is 12.7 Å². The highest BCUT2D eigenvalue weighted by molar-refractivity contribution is 5.36. The van der Waals surface area contributed by atoms with Crippen LogP contribution >= 0.6 is 0 Å². The number of benzene rings is 2. The van der Waals surface area contributed by atoms with Crippen molar-refractivity contribution >= 4 is 0 Å². The van der Waals surface area contributed by atoms with Crippen LogP contribution in [0.25, 0.3) is 0 Å². The Balaban J connectivity index is 2.31. The number of rotatable bonds is 3. The highest BCUT2D eigenvalue weighted by atomic mass is 19.1. The zero-order valence-corrected chi connectivity index (χ0v) is 13.2. The number of hydrogen-bond donors (Lipinski definition) is 1. The molecule has 1 atom stereocenters. The van der Waals surface area contributed by atoms with Crippen LogP contribution in [-0.4, -0.2) is 5.11 Å². The first kappa shape index (κ1) is 15.7. The molecule has 2 aromatic rings. The molecular weight excluding hydrogens is 263 g/mol. The highest BCUT2D eigenvalue weighted by Gasteiger charge is 2.21. The molecule has 1 unspecified atom stereocenters. The Hall–Kier alpha value is -1.67. The lowest BCUT2D eigenvalue weighted by Crippen LogP contribution is -2.17. The summed E-state index contributed by atoms with van der Waals surface area (Å²) in [5, 5.41) is 10.6. The van der Waals surface area contributed by atoms with Gasteiger partial charge in [0.2, 0.25) is 0 Å². The first-order valence-electron chi connectivity index (χ1n) is 7.31. The molecular formula is C19H23FO. The van der Waals surface area contributed by atoms with E-state index in [0.717, 1.165) is 22.3 Å². The Kier molecular flexibility index (Phi) is 4.48. The molecule has 0 radical (unpaired) electrons. The normalized spacial score (nSPS) is 13.2. The summed E-state index contributed by atoms with van der Waals surface area (Å²) < 4.78 is 13.2. The molecule has 112 valence electrons. The molecule has 0 aromatic heterocycles. The summed E-state index contributed by atoms with van der Waals surface area (Å²) in [6.07, 6.45) is -0.0799. The minimum atomic E-state index is -0.579. The van der Waals surface area contributed by atoms with Gasteiger partial charge >= 0.3 is 0 Å². The van der Waals surface area contributed by atoms with Gasteiger partial charge < -0.3 is 5.11 Å². The summed E-state index contributed by atoms with van der Waals surface area (Å²) in [6, 6.07) is 12.7. The largest absolute Gasteiger partial charge is 0.388 e. The molecule has 21 heavy (non-hydrogen) atoms. The average Bonchev–Trinajstić information content (AvgIpc) is 2.41. The summed E-state index contributed by atoms with van der Waals surface area (Å²) in [5.74, 6) is -0.235. The molecule has 2 heteroatoms. The van der Waals surface area contributed by atoms with Crippen molar-refractivity contribution in [2.75, 3.05) is 0 Å². The second-order valence-electron chi connectivity index (χ2n) is 6.63. The summed E-state index contributed by atoms with van der Waals surface area (Å²) in [7, 11) is 0. The third-order valence-corrected chi connectivity index (χ3v) is 3.85. The van der Waals surface area contributed by atoms with Crippen molar-refractivity contribution in [1.29, 1.82) is 0 Å². The number of halogens is 1. The van der Waals surface area contributed by atoms with Crippen molar-refractivity contribution < 1.29 is 9.50 Å². The van der Waals surface area contributed by atoms with Crippen LogP contribution in [-0.2, 0) is 11.8 Å². The van der Waals surface area contributed by atoms with Crippen molar-refractivity contribution in [2.24, 2.45) is 0 Å². The molecule has 0 aliphatic carbocycles. The van der Waals surface area contributed by atoms with E-state index >= 15 is 0 Å². The van der Waals surface area contributed by atoms with Gasteiger partial charge in [-0.05, 0) is 46.7 Å². The van der Waals surface area contributed by atoms with Crippen LogP contribution in [0.15, 0.2) is 42.5 Å². The average molecular weight is 286 g/mol. The van der Waals surface area contributed by atoms with Gasteiger partial charge in [0, 0.05) is 6.42 Å². The third-order valence-electron chi connectivity index (χ3n) is 3.85. The SMILES string of the molecule is Cc1cc(F)ccc1CC(O)c1ccccc1C(C)(C)C. The van der Waals surface area contributed by atoms with Crippen LogP contribution in [0.4, 0.5) is 4.39 Å². The van der Waals surface area contributed by atoms with Gasteiger partial charge in [-0.25, -0.2) is 4.39 Å². The maximum absolute atomic E-state index is 13.2. The zero-order chi connectivity index (χ0) is 15.6. The third kappa shape index (κ3) is 3.70. The maximum Gasteiger partial charge on any atom is 0.123 e. The number of aliphatic hydroxyl groups excluding tert-OH is 1. The van der Waals surface area contributed by atoms with Gasteiger partial charge in [-0.3, -0.25) is 0 Å². The van der Waals surface area contributed by atoms with Crippen LogP contribution < -0.4 is 0 Å². The lowest BCUT2D eigenvalue weighted by atomic mass is 9.81. The Bertz CT molecular complexity index is 626. The van der Waals surface area contributed by atoms with Crippen LogP contribution in [0.1, 0.15) is 49.1 Å². The molecule has 1 N–H and O–H groups in total. The quantitative estimate of drug-likeness (QED) is 0.866. The van der Waals surface area contributed by atoms with E-state index in [1.807, 2.05) is 25.1 Å². The van der Waals surface area contributed by atoms with E-state index in [-0.39, 0.29) is 11.2 Å². The van der Waals surface area contributed by atoms with E-state index in [1.165, 1.54) is 12.1 Å². The van der Waals surface area contributed by atoms with E-state index in [9.17, 15) is 9.50 Å². The van der Waals surface area contributed by atoms with Crippen molar-refractivity contribution in [3.05, 3.63) is 70.5 Å². The van der Waals surface area contributed by atoms with Crippen molar-refractivity contribution in [3.63, 3.8) is 0 Å². The van der Waals surface area contributed by atoms with E-state index in [0.29, 0.717) is 6.42 Å². The van der Waals surface area contributed by atoms with Gasteiger partial charge in [0.1, 0.15) is 5.82 Å². The summed E-state index contributed by atoms with van der Waals surface area (Å²) in [4.78, 5) is 0. The predicted octanol–water partition coefficient (Wildman–Crippen LogP) is 4.71. The summed E-state index contributed by atoms with van der Waals surface area (Å²) >= 11 is 0. The van der Waals surface area contributed by atoms with Gasteiger partial charge in [-0.15, -0.1) is 0 Å². The van der Waals surface area contributed by atoms with Crippen LogP contribution in [0.3, 0.4) is 0 Å². The zero-order valence-electron chi connectivity index (χ0n) is 13.2. The number of aryl methyl sites for hydroxylation is 1.